The quantitative estimate of drug-likeness (QED) is 0.737. The minimum Gasteiger partial charge on any atom is -0.221 e. The number of para-hydroxylation sites is 1. The van der Waals surface area contributed by atoms with Crippen LogP contribution in [0.5, 0.6) is 0 Å². The standard InChI is InChI=1S/C14H14ClF3N2/c1-13(2,3)10-11(14(16,17)18)19-20(12(10)15)9-7-5-4-6-8-9/h4-8H,1-3H3. The zero-order valence-electron chi connectivity index (χ0n) is 11.3. The van der Waals surface area contributed by atoms with E-state index in [2.05, 4.69) is 5.10 Å². The molecule has 0 spiro atoms. The molecule has 0 N–H and O–H groups in total. The highest BCUT2D eigenvalue weighted by Crippen LogP contribution is 2.41. The second-order valence-electron chi connectivity index (χ2n) is 5.51. The van der Waals surface area contributed by atoms with E-state index in [1.807, 2.05) is 0 Å². The van der Waals surface area contributed by atoms with Crippen LogP contribution < -0.4 is 0 Å². The van der Waals surface area contributed by atoms with Gasteiger partial charge in [-0.15, -0.1) is 0 Å². The first-order valence-electron chi connectivity index (χ1n) is 6.04. The van der Waals surface area contributed by atoms with Gasteiger partial charge in [0.15, 0.2) is 5.69 Å². The number of rotatable bonds is 1. The zero-order chi connectivity index (χ0) is 15.1. The van der Waals surface area contributed by atoms with Crippen LogP contribution in [-0.2, 0) is 11.6 Å². The van der Waals surface area contributed by atoms with Crippen LogP contribution in [0.3, 0.4) is 0 Å². The molecule has 0 atom stereocenters. The van der Waals surface area contributed by atoms with Crippen molar-refractivity contribution in [3.63, 3.8) is 0 Å². The summed E-state index contributed by atoms with van der Waals surface area (Å²) < 4.78 is 40.6. The minimum absolute atomic E-state index is 0.00368. The monoisotopic (exact) mass is 302 g/mol. The predicted molar refractivity (Wildman–Crippen MR) is 72.3 cm³/mol. The molecule has 0 aliphatic rings. The SMILES string of the molecule is CC(C)(C)c1c(C(F)(F)F)nn(-c2ccccc2)c1Cl. The highest BCUT2D eigenvalue weighted by atomic mass is 35.5. The molecule has 0 aliphatic carbocycles. The molecule has 1 aromatic heterocycles. The first-order chi connectivity index (χ1) is 9.12. The third kappa shape index (κ3) is 2.68. The molecule has 0 aliphatic heterocycles. The normalized spacial score (nSPS) is 12.8. The van der Waals surface area contributed by atoms with Crippen LogP contribution in [-0.4, -0.2) is 9.78 Å². The molecule has 2 rings (SSSR count). The van der Waals surface area contributed by atoms with E-state index in [-0.39, 0.29) is 10.7 Å². The first-order valence-corrected chi connectivity index (χ1v) is 6.42. The maximum Gasteiger partial charge on any atom is 0.435 e. The largest absolute Gasteiger partial charge is 0.435 e. The van der Waals surface area contributed by atoms with Gasteiger partial charge in [-0.1, -0.05) is 50.6 Å². The van der Waals surface area contributed by atoms with E-state index in [1.165, 1.54) is 0 Å². The van der Waals surface area contributed by atoms with Gasteiger partial charge in [0.05, 0.1) is 5.69 Å². The predicted octanol–water partition coefficient (Wildman–Crippen LogP) is 4.84. The van der Waals surface area contributed by atoms with E-state index in [0.29, 0.717) is 5.69 Å². The number of aromatic nitrogens is 2. The van der Waals surface area contributed by atoms with Gasteiger partial charge >= 0.3 is 6.18 Å². The van der Waals surface area contributed by atoms with E-state index in [1.54, 1.807) is 51.1 Å². The average Bonchev–Trinajstić information content (AvgIpc) is 2.67. The minimum atomic E-state index is -4.54. The van der Waals surface area contributed by atoms with Gasteiger partial charge < -0.3 is 0 Å². The third-order valence-electron chi connectivity index (χ3n) is 2.85. The lowest BCUT2D eigenvalue weighted by atomic mass is 9.87. The van der Waals surface area contributed by atoms with Crippen LogP contribution >= 0.6 is 11.6 Å². The molecular weight excluding hydrogens is 289 g/mol. The highest BCUT2D eigenvalue weighted by molar-refractivity contribution is 6.30. The summed E-state index contributed by atoms with van der Waals surface area (Å²) in [6, 6.07) is 8.53. The van der Waals surface area contributed by atoms with E-state index in [9.17, 15) is 13.2 Å². The Hall–Kier alpha value is -1.49. The lowest BCUT2D eigenvalue weighted by Crippen LogP contribution is -2.18. The molecular formula is C14H14ClF3N2. The Kier molecular flexibility index (Phi) is 3.58. The number of nitrogens with zero attached hydrogens (tertiary/aromatic N) is 2. The maximum atomic E-state index is 13.2. The summed E-state index contributed by atoms with van der Waals surface area (Å²) in [5.74, 6) is 0. The molecule has 0 saturated heterocycles. The lowest BCUT2D eigenvalue weighted by Gasteiger charge is -2.20. The fraction of sp³-hybridized carbons (Fsp3) is 0.357. The van der Waals surface area contributed by atoms with Crippen molar-refractivity contribution in [1.29, 1.82) is 0 Å². The number of halogens is 4. The van der Waals surface area contributed by atoms with Crippen molar-refractivity contribution in [2.24, 2.45) is 0 Å². The van der Waals surface area contributed by atoms with Crippen molar-refractivity contribution < 1.29 is 13.2 Å². The number of hydrogen-bond donors (Lipinski definition) is 0. The van der Waals surface area contributed by atoms with E-state index in [4.69, 9.17) is 11.6 Å². The van der Waals surface area contributed by atoms with Crippen LogP contribution in [0.1, 0.15) is 32.0 Å². The summed E-state index contributed by atoms with van der Waals surface area (Å²) in [7, 11) is 0. The van der Waals surface area contributed by atoms with Crippen molar-refractivity contribution in [3.05, 3.63) is 46.7 Å². The van der Waals surface area contributed by atoms with Gasteiger partial charge in [0.1, 0.15) is 5.15 Å². The molecule has 2 nitrogen and oxygen atoms in total. The van der Waals surface area contributed by atoms with E-state index in [0.717, 1.165) is 4.68 Å². The maximum absolute atomic E-state index is 13.2. The van der Waals surface area contributed by atoms with Gasteiger partial charge in [-0.05, 0) is 17.5 Å². The average molecular weight is 303 g/mol. The Bertz CT molecular complexity index is 610. The van der Waals surface area contributed by atoms with E-state index >= 15 is 0 Å². The van der Waals surface area contributed by atoms with Gasteiger partial charge in [0.2, 0.25) is 0 Å². The molecule has 20 heavy (non-hydrogen) atoms. The Morgan fingerprint density at radius 2 is 1.60 bits per heavy atom. The summed E-state index contributed by atoms with van der Waals surface area (Å²) in [4.78, 5) is 0. The summed E-state index contributed by atoms with van der Waals surface area (Å²) in [5, 5.41) is 3.67. The summed E-state index contributed by atoms with van der Waals surface area (Å²) in [5.41, 5.74) is -1.18. The Morgan fingerprint density at radius 1 is 1.05 bits per heavy atom. The van der Waals surface area contributed by atoms with Gasteiger partial charge in [-0.25, -0.2) is 4.68 Å². The zero-order valence-corrected chi connectivity index (χ0v) is 12.0. The summed E-state index contributed by atoms with van der Waals surface area (Å²) >= 11 is 6.16. The topological polar surface area (TPSA) is 17.8 Å². The van der Waals surface area contributed by atoms with Crippen molar-refractivity contribution >= 4 is 11.6 Å². The molecule has 0 unspecified atom stereocenters. The molecule has 0 saturated carbocycles. The molecule has 0 fully saturated rings. The van der Waals surface area contributed by atoms with Crippen LogP contribution in [0.2, 0.25) is 5.15 Å². The summed E-state index contributed by atoms with van der Waals surface area (Å²) in [6.45, 7) is 5.04. The first kappa shape index (κ1) is 14.9. The van der Waals surface area contributed by atoms with Crippen molar-refractivity contribution in [1.82, 2.24) is 9.78 Å². The number of alkyl halides is 3. The Balaban J connectivity index is 2.72. The van der Waals surface area contributed by atoms with Crippen LogP contribution in [0.4, 0.5) is 13.2 Å². The second kappa shape index (κ2) is 4.81. The third-order valence-corrected chi connectivity index (χ3v) is 3.20. The van der Waals surface area contributed by atoms with Crippen LogP contribution in [0.15, 0.2) is 30.3 Å². The molecule has 2 aromatic rings. The van der Waals surface area contributed by atoms with Gasteiger partial charge in [-0.3, -0.25) is 0 Å². The molecule has 0 bridgehead atoms. The number of benzene rings is 1. The lowest BCUT2D eigenvalue weighted by molar-refractivity contribution is -0.142. The number of hydrogen-bond acceptors (Lipinski definition) is 1. The van der Waals surface area contributed by atoms with Crippen molar-refractivity contribution in [3.8, 4) is 5.69 Å². The summed E-state index contributed by atoms with van der Waals surface area (Å²) in [6.07, 6.45) is -4.54. The van der Waals surface area contributed by atoms with Crippen LogP contribution in [0, 0.1) is 0 Å². The van der Waals surface area contributed by atoms with Gasteiger partial charge in [-0.2, -0.15) is 18.3 Å². The highest BCUT2D eigenvalue weighted by Gasteiger charge is 2.42. The molecule has 6 heteroatoms. The van der Waals surface area contributed by atoms with Gasteiger partial charge in [0, 0.05) is 5.56 Å². The fourth-order valence-corrected chi connectivity index (χ4v) is 2.51. The molecule has 0 amide bonds. The fourth-order valence-electron chi connectivity index (χ4n) is 2.00. The molecule has 1 aromatic carbocycles. The second-order valence-corrected chi connectivity index (χ2v) is 5.87. The molecule has 0 radical (unpaired) electrons. The Morgan fingerprint density at radius 3 is 2.00 bits per heavy atom. The van der Waals surface area contributed by atoms with Crippen LogP contribution in [0.25, 0.3) is 5.69 Å². The molecule has 108 valence electrons. The molecule has 1 heterocycles. The van der Waals surface area contributed by atoms with Crippen molar-refractivity contribution in [2.45, 2.75) is 32.4 Å². The Labute approximate surface area is 120 Å². The smallest absolute Gasteiger partial charge is 0.221 e. The van der Waals surface area contributed by atoms with E-state index < -0.39 is 17.3 Å². The van der Waals surface area contributed by atoms with Crippen molar-refractivity contribution in [2.75, 3.05) is 0 Å². The van der Waals surface area contributed by atoms with Gasteiger partial charge in [0.25, 0.3) is 0 Å².